The van der Waals surface area contributed by atoms with E-state index in [0.29, 0.717) is 38.8 Å². The van der Waals surface area contributed by atoms with Crippen LogP contribution in [0.1, 0.15) is 292 Å². The second-order valence-electron chi connectivity index (χ2n) is 21.4. The summed E-state index contributed by atoms with van der Waals surface area (Å²) in [6.07, 6.45) is 38.3. The largest absolute Gasteiger partial charge is 0.481 e. The van der Waals surface area contributed by atoms with Gasteiger partial charge in [-0.25, -0.2) is 0 Å². The van der Waals surface area contributed by atoms with Gasteiger partial charge in [0.2, 0.25) is 0 Å². The molecule has 0 aromatic carbocycles. The normalized spacial score (nSPS) is 14.2. The van der Waals surface area contributed by atoms with Gasteiger partial charge in [-0.1, -0.05) is 233 Å². The molecule has 0 aromatic rings. The summed E-state index contributed by atoms with van der Waals surface area (Å²) in [4.78, 5) is 50.7. The molecule has 12 nitrogen and oxygen atoms in total. The van der Waals surface area contributed by atoms with Crippen molar-refractivity contribution in [3.63, 3.8) is 0 Å². The molecule has 0 fully saturated rings. The van der Waals surface area contributed by atoms with Crippen molar-refractivity contribution in [2.75, 3.05) is 26.2 Å². The molecular weight excluding hydrogens is 897 g/mol. The first-order chi connectivity index (χ1) is 34.1. The van der Waals surface area contributed by atoms with Crippen LogP contribution in [0.5, 0.6) is 0 Å². The third-order valence-corrected chi connectivity index (χ3v) is 14.2. The number of ketones is 2. The number of unbranched alkanes of at least 4 members (excludes halogenated alkanes) is 28. The molecule has 6 N–H and O–H groups in total. The maximum absolute atomic E-state index is 12.4. The molecule has 0 saturated heterocycles. The molecule has 422 valence electrons. The number of aliphatic carboxylic acids is 2. The van der Waals surface area contributed by atoms with Crippen LogP contribution >= 0.6 is 0 Å². The van der Waals surface area contributed by atoms with Gasteiger partial charge in [0.1, 0.15) is 11.6 Å². The van der Waals surface area contributed by atoms with E-state index in [1.807, 2.05) is 4.90 Å². The minimum atomic E-state index is -1.04. The Labute approximate surface area is 436 Å². The van der Waals surface area contributed by atoms with Gasteiger partial charge in [-0.2, -0.15) is 0 Å². The Morgan fingerprint density at radius 3 is 0.761 bits per heavy atom. The second kappa shape index (κ2) is 51.5. The molecule has 0 spiro atoms. The van der Waals surface area contributed by atoms with Crippen molar-refractivity contribution in [2.45, 2.75) is 328 Å². The highest BCUT2D eigenvalue weighted by Crippen LogP contribution is 2.19. The number of carboxylic acids is 2. The molecule has 0 radical (unpaired) electrons. The number of Topliss-reactive ketones (excluding diaryl/α,β-unsaturated/α-hetero) is 2. The zero-order valence-corrected chi connectivity index (χ0v) is 47.1. The zero-order chi connectivity index (χ0) is 53.3. The van der Waals surface area contributed by atoms with E-state index < -0.39 is 48.4 Å². The van der Waals surface area contributed by atoms with Gasteiger partial charge in [0.15, 0.2) is 0 Å². The van der Waals surface area contributed by atoms with Gasteiger partial charge in [0.05, 0.1) is 42.9 Å². The molecule has 6 unspecified atom stereocenters. The van der Waals surface area contributed by atoms with E-state index in [1.165, 1.54) is 168 Å². The molecular formula is C59H116N2O10. The van der Waals surface area contributed by atoms with Crippen molar-refractivity contribution in [3.05, 3.63) is 0 Å². The lowest BCUT2D eigenvalue weighted by Crippen LogP contribution is -2.48. The molecule has 0 aromatic heterocycles. The summed E-state index contributed by atoms with van der Waals surface area (Å²) in [6.45, 7) is 12.8. The molecule has 0 bridgehead atoms. The summed E-state index contributed by atoms with van der Waals surface area (Å²) in [6, 6.07) is -1.39. The van der Waals surface area contributed by atoms with E-state index >= 15 is 0 Å². The summed E-state index contributed by atoms with van der Waals surface area (Å²) < 4.78 is 0. The average molecular weight is 1010 g/mol. The van der Waals surface area contributed by atoms with Crippen LogP contribution in [0, 0.1) is 0 Å². The Morgan fingerprint density at radius 1 is 0.324 bits per heavy atom. The maximum atomic E-state index is 12.4. The molecule has 0 aliphatic carbocycles. The Balaban J connectivity index is 0. The Kier molecular flexibility index (Phi) is 51.6. The topological polar surface area (TPSA) is 196 Å². The fraction of sp³-hybridized carbons (Fsp3) is 0.932. The molecule has 0 saturated carbocycles. The van der Waals surface area contributed by atoms with E-state index in [9.17, 15) is 44.7 Å². The Bertz CT molecular complexity index is 1170. The maximum Gasteiger partial charge on any atom is 0.305 e. The highest BCUT2D eigenvalue weighted by molar-refractivity contribution is 5.86. The second-order valence-corrected chi connectivity index (χ2v) is 21.4. The monoisotopic (exact) mass is 1010 g/mol. The highest BCUT2D eigenvalue weighted by atomic mass is 16.4. The number of rotatable bonds is 53. The first-order valence-corrected chi connectivity index (χ1v) is 29.8. The number of carbonyl (C=O) groups excluding carboxylic acids is 2. The van der Waals surface area contributed by atoms with Crippen molar-refractivity contribution in [1.82, 2.24) is 9.80 Å². The quantitative estimate of drug-likeness (QED) is 0.0316. The van der Waals surface area contributed by atoms with Crippen LogP contribution in [0.2, 0.25) is 0 Å². The van der Waals surface area contributed by atoms with Crippen LogP contribution in [0.4, 0.5) is 0 Å². The predicted molar refractivity (Wildman–Crippen MR) is 294 cm³/mol. The van der Waals surface area contributed by atoms with Crippen LogP contribution in [0.15, 0.2) is 0 Å². The number of carboxylic acid groups (broad SMARTS) is 2. The van der Waals surface area contributed by atoms with Crippen molar-refractivity contribution < 1.29 is 49.8 Å². The Morgan fingerprint density at radius 2 is 0.549 bits per heavy atom. The lowest BCUT2D eigenvalue weighted by atomic mass is 10.0. The zero-order valence-electron chi connectivity index (χ0n) is 47.1. The van der Waals surface area contributed by atoms with Gasteiger partial charge in [0.25, 0.3) is 0 Å². The van der Waals surface area contributed by atoms with Crippen molar-refractivity contribution in [3.8, 4) is 0 Å². The summed E-state index contributed by atoms with van der Waals surface area (Å²) in [7, 11) is 0. The van der Waals surface area contributed by atoms with Crippen LogP contribution in [-0.2, 0) is 19.2 Å². The molecule has 0 aliphatic heterocycles. The number of hydrogen-bond donors (Lipinski definition) is 6. The van der Waals surface area contributed by atoms with Gasteiger partial charge in [-0.05, 0) is 46.0 Å². The minimum Gasteiger partial charge on any atom is -0.481 e. The van der Waals surface area contributed by atoms with E-state index in [4.69, 9.17) is 5.11 Å². The van der Waals surface area contributed by atoms with E-state index in [-0.39, 0.29) is 43.9 Å². The molecule has 6 atom stereocenters. The lowest BCUT2D eigenvalue weighted by molar-refractivity contribution is -0.142. The number of aliphatic hydroxyl groups is 4. The van der Waals surface area contributed by atoms with Crippen molar-refractivity contribution >= 4 is 23.5 Å². The summed E-state index contributed by atoms with van der Waals surface area (Å²) >= 11 is 0. The number of nitrogens with zero attached hydrogens (tertiary/aromatic N) is 2. The predicted octanol–water partition coefficient (Wildman–Crippen LogP) is 13.4. The SMILES string of the molecule is CCCCCCCCCCC(O)CN(CC(O)CCCCCCCCCC)C(CC(=O)O)C(C)=O.CCCCCCCCCCC(O)CN(CC(O)CCCCCCCCCC)C(CCC(=O)O)C(C)=O. The average Bonchev–Trinajstić information content (AvgIpc) is 3.31. The van der Waals surface area contributed by atoms with Crippen LogP contribution in [-0.4, -0.2) is 127 Å². The Hall–Kier alpha value is -1.96. The molecule has 12 heteroatoms. The minimum absolute atomic E-state index is 0.0942. The summed E-state index contributed by atoms with van der Waals surface area (Å²) in [5.74, 6) is -2.30. The highest BCUT2D eigenvalue weighted by Gasteiger charge is 2.30. The first-order valence-electron chi connectivity index (χ1n) is 29.8. The van der Waals surface area contributed by atoms with E-state index in [2.05, 4.69) is 27.7 Å². The standard InChI is InChI=1S/C30H59NO5.C29H57NO5/c1-4-6-8-10-12-14-16-18-20-27(33)24-31(29(26(3)32)22-23-30(35)36)25-28(34)21-19-17-15-13-11-9-7-5-2;1-4-6-8-10-12-14-16-18-20-26(32)23-30(28(25(3)31)22-29(34)35)24-27(33)21-19-17-15-13-11-9-7-5-2/h27-29,33-34H,4-25H2,1-3H3,(H,35,36);26-28,32-33H,4-24H2,1-3H3,(H,34,35). The van der Waals surface area contributed by atoms with Crippen molar-refractivity contribution in [2.24, 2.45) is 0 Å². The summed E-state index contributed by atoms with van der Waals surface area (Å²) in [5, 5.41) is 61.1. The molecule has 0 heterocycles. The van der Waals surface area contributed by atoms with E-state index in [1.54, 1.807) is 4.90 Å². The van der Waals surface area contributed by atoms with Crippen LogP contribution in [0.3, 0.4) is 0 Å². The number of hydrogen-bond acceptors (Lipinski definition) is 10. The van der Waals surface area contributed by atoms with Gasteiger partial charge in [-0.3, -0.25) is 29.0 Å². The van der Waals surface area contributed by atoms with Crippen LogP contribution in [0.25, 0.3) is 0 Å². The third-order valence-electron chi connectivity index (χ3n) is 14.2. The summed E-state index contributed by atoms with van der Waals surface area (Å²) in [5.41, 5.74) is 0. The van der Waals surface area contributed by atoms with Gasteiger partial charge in [-0.15, -0.1) is 0 Å². The first kappa shape index (κ1) is 71.1. The van der Waals surface area contributed by atoms with Gasteiger partial charge in [0, 0.05) is 32.6 Å². The van der Waals surface area contributed by atoms with E-state index in [0.717, 1.165) is 51.4 Å². The number of carbonyl (C=O) groups is 4. The molecule has 0 aliphatic rings. The number of aliphatic hydroxyl groups excluding tert-OH is 4. The fourth-order valence-electron chi connectivity index (χ4n) is 9.76. The molecule has 0 amide bonds. The van der Waals surface area contributed by atoms with Crippen LogP contribution < -0.4 is 0 Å². The molecule has 71 heavy (non-hydrogen) atoms. The third kappa shape index (κ3) is 47.5. The fourth-order valence-corrected chi connectivity index (χ4v) is 9.76. The molecule has 0 rings (SSSR count). The van der Waals surface area contributed by atoms with Crippen molar-refractivity contribution in [1.29, 1.82) is 0 Å². The van der Waals surface area contributed by atoms with Gasteiger partial charge < -0.3 is 30.6 Å². The van der Waals surface area contributed by atoms with Gasteiger partial charge >= 0.3 is 11.9 Å². The lowest BCUT2D eigenvalue weighted by Gasteiger charge is -2.33. The smallest absolute Gasteiger partial charge is 0.305 e.